The molecule has 4 nitrogen and oxygen atoms in total. The maximum absolute atomic E-state index is 13.1. The summed E-state index contributed by atoms with van der Waals surface area (Å²) >= 11 is 1.58. The van der Waals surface area contributed by atoms with Crippen LogP contribution in [0.4, 0.5) is 0 Å². The number of rotatable bonds is 8. The van der Waals surface area contributed by atoms with Gasteiger partial charge in [-0.2, -0.15) is 0 Å². The first kappa shape index (κ1) is 22.0. The Balaban J connectivity index is 1.69. The minimum absolute atomic E-state index is 0.0617. The van der Waals surface area contributed by atoms with Crippen molar-refractivity contribution in [2.75, 3.05) is 6.54 Å². The number of aryl methyl sites for hydroxylation is 3. The lowest BCUT2D eigenvalue weighted by atomic mass is 10.1. The number of hydrogen-bond acceptors (Lipinski definition) is 4. The second kappa shape index (κ2) is 9.90. The second-order valence-electron chi connectivity index (χ2n) is 7.77. The molecule has 0 aliphatic rings. The molecule has 3 aromatic rings. The molecule has 1 amide bonds. The third kappa shape index (κ3) is 5.28. The van der Waals surface area contributed by atoms with E-state index < -0.39 is 0 Å². The van der Waals surface area contributed by atoms with Crippen LogP contribution in [0.5, 0.6) is 5.75 Å². The smallest absolute Gasteiger partial charge is 0.254 e. The topological polar surface area (TPSA) is 42.4 Å². The molecular formula is C25H30N2O2S. The number of benzene rings is 2. The highest BCUT2D eigenvalue weighted by atomic mass is 32.1. The largest absolute Gasteiger partial charge is 0.486 e. The Morgan fingerprint density at radius 1 is 1.10 bits per heavy atom. The maximum Gasteiger partial charge on any atom is 0.254 e. The van der Waals surface area contributed by atoms with E-state index in [4.69, 9.17) is 9.72 Å². The number of ether oxygens (including phenoxy) is 1. The van der Waals surface area contributed by atoms with E-state index in [-0.39, 0.29) is 5.91 Å². The van der Waals surface area contributed by atoms with Crippen molar-refractivity contribution >= 4 is 17.2 Å². The SMILES string of the molecule is CCCN(Cc1csc(COc2cc(C)cc(C)c2C)n1)C(=O)c1ccccc1C. The highest BCUT2D eigenvalue weighted by molar-refractivity contribution is 7.09. The summed E-state index contributed by atoms with van der Waals surface area (Å²) in [4.78, 5) is 19.7. The van der Waals surface area contributed by atoms with Crippen LogP contribution in [0, 0.1) is 27.7 Å². The third-order valence-electron chi connectivity index (χ3n) is 5.22. The van der Waals surface area contributed by atoms with Gasteiger partial charge in [0.1, 0.15) is 17.4 Å². The second-order valence-corrected chi connectivity index (χ2v) is 8.71. The van der Waals surface area contributed by atoms with Gasteiger partial charge in [0, 0.05) is 17.5 Å². The zero-order valence-corrected chi connectivity index (χ0v) is 19.3. The summed E-state index contributed by atoms with van der Waals surface area (Å²) in [6, 6.07) is 12.0. The van der Waals surface area contributed by atoms with Gasteiger partial charge in [0.05, 0.1) is 12.2 Å². The molecule has 0 atom stereocenters. The highest BCUT2D eigenvalue weighted by Gasteiger charge is 2.18. The van der Waals surface area contributed by atoms with Crippen LogP contribution >= 0.6 is 11.3 Å². The predicted molar refractivity (Wildman–Crippen MR) is 123 cm³/mol. The Kier molecular flexibility index (Phi) is 7.27. The Labute approximate surface area is 183 Å². The molecule has 0 bridgehead atoms. The first-order valence-corrected chi connectivity index (χ1v) is 11.3. The van der Waals surface area contributed by atoms with Gasteiger partial charge in [-0.3, -0.25) is 4.79 Å². The van der Waals surface area contributed by atoms with Gasteiger partial charge in [-0.05, 0) is 68.5 Å². The van der Waals surface area contributed by atoms with Crippen molar-refractivity contribution < 1.29 is 9.53 Å². The minimum atomic E-state index is 0.0617. The number of amides is 1. The Morgan fingerprint density at radius 2 is 1.87 bits per heavy atom. The third-order valence-corrected chi connectivity index (χ3v) is 6.09. The standard InChI is InChI=1S/C25H30N2O2S/c1-6-11-27(25(28)22-10-8-7-9-18(22)3)14-21-16-30-24(26-21)15-29-23-13-17(2)12-19(4)20(23)5/h7-10,12-13,16H,6,11,14-15H2,1-5H3. The molecule has 2 aromatic carbocycles. The zero-order valence-electron chi connectivity index (χ0n) is 18.5. The molecule has 1 aromatic heterocycles. The number of nitrogens with zero attached hydrogens (tertiary/aromatic N) is 2. The van der Waals surface area contributed by atoms with Gasteiger partial charge in [-0.15, -0.1) is 11.3 Å². The van der Waals surface area contributed by atoms with Crippen molar-refractivity contribution in [3.05, 3.63) is 80.3 Å². The lowest BCUT2D eigenvalue weighted by molar-refractivity contribution is 0.0740. The molecule has 0 radical (unpaired) electrons. The number of carbonyl (C=O) groups excluding carboxylic acids is 1. The predicted octanol–water partition coefficient (Wildman–Crippen LogP) is 6.01. The number of carbonyl (C=O) groups is 1. The van der Waals surface area contributed by atoms with E-state index in [1.807, 2.05) is 41.5 Å². The van der Waals surface area contributed by atoms with E-state index in [1.54, 1.807) is 11.3 Å². The van der Waals surface area contributed by atoms with Crippen molar-refractivity contribution in [3.8, 4) is 5.75 Å². The fourth-order valence-corrected chi connectivity index (χ4v) is 4.18. The summed E-state index contributed by atoms with van der Waals surface area (Å²) in [5, 5.41) is 2.95. The number of aromatic nitrogens is 1. The Morgan fingerprint density at radius 3 is 2.60 bits per heavy atom. The van der Waals surface area contributed by atoms with Gasteiger partial charge >= 0.3 is 0 Å². The molecule has 0 aliphatic carbocycles. The van der Waals surface area contributed by atoms with E-state index in [0.29, 0.717) is 19.7 Å². The van der Waals surface area contributed by atoms with Gasteiger partial charge in [-0.25, -0.2) is 4.98 Å². The van der Waals surface area contributed by atoms with Crippen LogP contribution in [-0.4, -0.2) is 22.3 Å². The monoisotopic (exact) mass is 422 g/mol. The van der Waals surface area contributed by atoms with Crippen LogP contribution in [0.2, 0.25) is 0 Å². The van der Waals surface area contributed by atoms with Gasteiger partial charge in [0.2, 0.25) is 0 Å². The first-order valence-electron chi connectivity index (χ1n) is 10.4. The molecule has 0 saturated heterocycles. The molecule has 0 aliphatic heterocycles. The zero-order chi connectivity index (χ0) is 21.7. The van der Waals surface area contributed by atoms with Crippen LogP contribution in [0.15, 0.2) is 41.8 Å². The summed E-state index contributed by atoms with van der Waals surface area (Å²) < 4.78 is 6.05. The van der Waals surface area contributed by atoms with Crippen molar-refractivity contribution in [3.63, 3.8) is 0 Å². The molecule has 158 valence electrons. The first-order chi connectivity index (χ1) is 14.4. The van der Waals surface area contributed by atoms with Gasteiger partial charge in [-0.1, -0.05) is 31.2 Å². The van der Waals surface area contributed by atoms with Gasteiger partial charge < -0.3 is 9.64 Å². The highest BCUT2D eigenvalue weighted by Crippen LogP contribution is 2.25. The molecular weight excluding hydrogens is 392 g/mol. The summed E-state index contributed by atoms with van der Waals surface area (Å²) in [5.74, 6) is 0.971. The fraction of sp³-hybridized carbons (Fsp3) is 0.360. The van der Waals surface area contributed by atoms with Gasteiger partial charge in [0.15, 0.2) is 0 Å². The molecule has 3 rings (SSSR count). The van der Waals surface area contributed by atoms with Crippen LogP contribution in [0.25, 0.3) is 0 Å². The summed E-state index contributed by atoms with van der Waals surface area (Å²) in [6.07, 6.45) is 0.906. The lowest BCUT2D eigenvalue weighted by Gasteiger charge is -2.22. The summed E-state index contributed by atoms with van der Waals surface area (Å²) in [6.45, 7) is 12.0. The van der Waals surface area contributed by atoms with Crippen LogP contribution < -0.4 is 4.74 Å². The molecule has 5 heteroatoms. The van der Waals surface area contributed by atoms with Crippen molar-refractivity contribution in [1.29, 1.82) is 0 Å². The fourth-order valence-electron chi connectivity index (χ4n) is 3.48. The molecule has 0 unspecified atom stereocenters. The van der Waals surface area contributed by atoms with E-state index in [1.165, 1.54) is 11.1 Å². The van der Waals surface area contributed by atoms with E-state index in [2.05, 4.69) is 39.8 Å². The minimum Gasteiger partial charge on any atom is -0.486 e. The maximum atomic E-state index is 13.1. The Hall–Kier alpha value is -2.66. The number of hydrogen-bond donors (Lipinski definition) is 0. The number of thiazole rings is 1. The molecule has 1 heterocycles. The average molecular weight is 423 g/mol. The van der Waals surface area contributed by atoms with E-state index >= 15 is 0 Å². The molecule has 30 heavy (non-hydrogen) atoms. The molecule has 0 saturated carbocycles. The summed E-state index contributed by atoms with van der Waals surface area (Å²) in [7, 11) is 0. The molecule has 0 N–H and O–H groups in total. The van der Waals surface area contributed by atoms with Crippen LogP contribution in [0.1, 0.15) is 56.7 Å². The molecule has 0 fully saturated rings. The quantitative estimate of drug-likeness (QED) is 0.446. The Bertz CT molecular complexity index is 1030. The van der Waals surface area contributed by atoms with Crippen molar-refractivity contribution in [2.24, 2.45) is 0 Å². The van der Waals surface area contributed by atoms with Crippen LogP contribution in [-0.2, 0) is 13.2 Å². The van der Waals surface area contributed by atoms with Crippen LogP contribution in [0.3, 0.4) is 0 Å². The van der Waals surface area contributed by atoms with E-state index in [9.17, 15) is 4.79 Å². The molecule has 0 spiro atoms. The van der Waals surface area contributed by atoms with E-state index in [0.717, 1.165) is 39.6 Å². The average Bonchev–Trinajstić information content (AvgIpc) is 3.16. The van der Waals surface area contributed by atoms with Crippen molar-refractivity contribution in [2.45, 2.75) is 54.2 Å². The normalized spacial score (nSPS) is 10.8. The summed E-state index contributed by atoms with van der Waals surface area (Å²) in [5.41, 5.74) is 6.25. The van der Waals surface area contributed by atoms with Gasteiger partial charge in [0.25, 0.3) is 5.91 Å². The lowest BCUT2D eigenvalue weighted by Crippen LogP contribution is -2.32. The van der Waals surface area contributed by atoms with Crippen molar-refractivity contribution in [1.82, 2.24) is 9.88 Å².